The highest BCUT2D eigenvalue weighted by molar-refractivity contribution is 5.83. The summed E-state index contributed by atoms with van der Waals surface area (Å²) >= 11 is 0. The van der Waals surface area contributed by atoms with Gasteiger partial charge in [-0.25, -0.2) is 4.68 Å². The van der Waals surface area contributed by atoms with Crippen molar-refractivity contribution in [3.05, 3.63) is 64.1 Å². The van der Waals surface area contributed by atoms with Gasteiger partial charge in [-0.15, -0.1) is 0 Å². The number of benzene rings is 1. The molecule has 2 aromatic rings. The first-order chi connectivity index (χ1) is 14.0. The number of amides is 2. The van der Waals surface area contributed by atoms with Crippen LogP contribution in [0.3, 0.4) is 0 Å². The van der Waals surface area contributed by atoms with E-state index in [0.29, 0.717) is 25.3 Å². The molecule has 8 nitrogen and oxygen atoms in total. The van der Waals surface area contributed by atoms with E-state index in [-0.39, 0.29) is 23.9 Å². The number of carbonyl (C=O) groups is 2. The van der Waals surface area contributed by atoms with Crippen molar-refractivity contribution in [1.82, 2.24) is 24.9 Å². The quantitative estimate of drug-likeness (QED) is 0.745. The number of nitrogens with one attached hydrogen (secondary N) is 1. The van der Waals surface area contributed by atoms with E-state index in [0.717, 1.165) is 13.0 Å². The van der Waals surface area contributed by atoms with Crippen molar-refractivity contribution in [3.63, 3.8) is 0 Å². The highest BCUT2D eigenvalue weighted by atomic mass is 16.2. The topological polar surface area (TPSA) is 87.5 Å². The van der Waals surface area contributed by atoms with Gasteiger partial charge in [-0.2, -0.15) is 5.10 Å². The summed E-state index contributed by atoms with van der Waals surface area (Å²) in [5.41, 5.74) is 1.58. The Balaban J connectivity index is 1.65. The molecule has 1 N–H and O–H groups in total. The summed E-state index contributed by atoms with van der Waals surface area (Å²) in [7, 11) is 1.61. The van der Waals surface area contributed by atoms with Gasteiger partial charge in [0, 0.05) is 39.3 Å². The van der Waals surface area contributed by atoms with Crippen LogP contribution in [0.4, 0.5) is 0 Å². The van der Waals surface area contributed by atoms with Crippen LogP contribution in [0.5, 0.6) is 0 Å². The van der Waals surface area contributed by atoms with E-state index in [2.05, 4.69) is 27.4 Å². The highest BCUT2D eigenvalue weighted by Crippen LogP contribution is 2.13. The molecule has 1 aromatic carbocycles. The van der Waals surface area contributed by atoms with Gasteiger partial charge in [0.15, 0.2) is 0 Å². The summed E-state index contributed by atoms with van der Waals surface area (Å²) in [6, 6.07) is 12.7. The van der Waals surface area contributed by atoms with Crippen LogP contribution in [0.15, 0.2) is 47.3 Å². The lowest BCUT2D eigenvalue weighted by molar-refractivity contribution is -0.138. The molecular weight excluding hydrogens is 370 g/mol. The molecule has 0 radical (unpaired) electrons. The Labute approximate surface area is 170 Å². The van der Waals surface area contributed by atoms with E-state index in [4.69, 9.17) is 0 Å². The Hall–Kier alpha value is -3.00. The van der Waals surface area contributed by atoms with Gasteiger partial charge in [-0.05, 0) is 25.0 Å². The maximum absolute atomic E-state index is 12.7. The number of carbonyl (C=O) groups excluding carboxylic acids is 2. The molecule has 3 rings (SSSR count). The molecule has 29 heavy (non-hydrogen) atoms. The predicted octanol–water partition coefficient (Wildman–Crippen LogP) is 0.0532. The van der Waals surface area contributed by atoms with Crippen LogP contribution in [0, 0.1) is 6.92 Å². The van der Waals surface area contributed by atoms with Crippen molar-refractivity contribution >= 4 is 11.8 Å². The molecule has 1 fully saturated rings. The van der Waals surface area contributed by atoms with Gasteiger partial charge in [0.2, 0.25) is 11.8 Å². The van der Waals surface area contributed by atoms with Crippen LogP contribution in [0.2, 0.25) is 0 Å². The average Bonchev–Trinajstić information content (AvgIpc) is 2.74. The average molecular weight is 397 g/mol. The number of hydrogen-bond acceptors (Lipinski definition) is 5. The van der Waals surface area contributed by atoms with Crippen molar-refractivity contribution in [3.8, 4) is 0 Å². The lowest BCUT2D eigenvalue weighted by Gasteiger charge is -2.40. The van der Waals surface area contributed by atoms with Gasteiger partial charge in [0.1, 0.15) is 12.6 Å². The molecule has 0 bridgehead atoms. The minimum Gasteiger partial charge on any atom is -0.358 e. The Morgan fingerprint density at radius 2 is 1.90 bits per heavy atom. The molecule has 1 aliphatic heterocycles. The summed E-state index contributed by atoms with van der Waals surface area (Å²) in [5, 5.41) is 6.83. The van der Waals surface area contributed by atoms with Crippen LogP contribution in [-0.2, 0) is 22.6 Å². The number of hydrogen-bond donors (Lipinski definition) is 1. The third-order valence-corrected chi connectivity index (χ3v) is 5.21. The normalized spacial score (nSPS) is 17.2. The minimum absolute atomic E-state index is 0.110. The standard InChI is InChI=1S/C21H27N5O3/c1-16-8-9-19(27)26(23-16)15-20(28)25-13-12-24(18(14-25)21(29)22-2)11-10-17-6-4-3-5-7-17/h3-9,18H,10-15H2,1-2H3,(H,22,29)/t18-/m1/s1. The number of nitrogens with zero attached hydrogens (tertiary/aromatic N) is 4. The summed E-state index contributed by atoms with van der Waals surface area (Å²) in [4.78, 5) is 40.9. The number of piperazine rings is 1. The van der Waals surface area contributed by atoms with E-state index in [1.165, 1.54) is 16.3 Å². The van der Waals surface area contributed by atoms with E-state index in [1.807, 2.05) is 18.2 Å². The fourth-order valence-electron chi connectivity index (χ4n) is 3.54. The van der Waals surface area contributed by atoms with Gasteiger partial charge < -0.3 is 10.2 Å². The third kappa shape index (κ3) is 5.29. The van der Waals surface area contributed by atoms with Crippen molar-refractivity contribution in [2.24, 2.45) is 0 Å². The number of likely N-dealkylation sites (N-methyl/N-ethyl adjacent to an activating group) is 1. The monoisotopic (exact) mass is 397 g/mol. The predicted molar refractivity (Wildman–Crippen MR) is 109 cm³/mol. The van der Waals surface area contributed by atoms with Crippen molar-refractivity contribution < 1.29 is 9.59 Å². The van der Waals surface area contributed by atoms with Crippen LogP contribution >= 0.6 is 0 Å². The lowest BCUT2D eigenvalue weighted by Crippen LogP contribution is -2.60. The van der Waals surface area contributed by atoms with Crippen molar-refractivity contribution in [2.75, 3.05) is 33.2 Å². The molecule has 0 aliphatic carbocycles. The van der Waals surface area contributed by atoms with Crippen LogP contribution in [0.25, 0.3) is 0 Å². The molecule has 0 spiro atoms. The maximum Gasteiger partial charge on any atom is 0.267 e. The Bertz CT molecular complexity index is 912. The molecule has 2 heterocycles. The molecule has 1 atom stereocenters. The van der Waals surface area contributed by atoms with Gasteiger partial charge in [0.25, 0.3) is 5.56 Å². The zero-order valence-corrected chi connectivity index (χ0v) is 16.9. The fraction of sp³-hybridized carbons (Fsp3) is 0.429. The molecular formula is C21H27N5O3. The molecule has 1 aromatic heterocycles. The largest absolute Gasteiger partial charge is 0.358 e. The van der Waals surface area contributed by atoms with E-state index in [1.54, 1.807) is 24.9 Å². The Morgan fingerprint density at radius 3 is 2.62 bits per heavy atom. The minimum atomic E-state index is -0.413. The Morgan fingerprint density at radius 1 is 1.14 bits per heavy atom. The second kappa shape index (κ2) is 9.47. The maximum atomic E-state index is 12.7. The van der Waals surface area contributed by atoms with Gasteiger partial charge >= 0.3 is 0 Å². The van der Waals surface area contributed by atoms with Crippen molar-refractivity contribution in [1.29, 1.82) is 0 Å². The number of rotatable bonds is 6. The highest BCUT2D eigenvalue weighted by Gasteiger charge is 2.33. The Kier molecular flexibility index (Phi) is 6.77. The molecule has 0 saturated carbocycles. The molecule has 2 amide bonds. The smallest absolute Gasteiger partial charge is 0.267 e. The van der Waals surface area contributed by atoms with E-state index in [9.17, 15) is 14.4 Å². The summed E-state index contributed by atoms with van der Waals surface area (Å²) in [5.74, 6) is -0.316. The second-order valence-corrected chi connectivity index (χ2v) is 7.21. The van der Waals surface area contributed by atoms with E-state index < -0.39 is 6.04 Å². The molecule has 1 saturated heterocycles. The zero-order valence-electron chi connectivity index (χ0n) is 16.9. The van der Waals surface area contributed by atoms with Crippen LogP contribution < -0.4 is 10.9 Å². The van der Waals surface area contributed by atoms with E-state index >= 15 is 0 Å². The van der Waals surface area contributed by atoms with Crippen molar-refractivity contribution in [2.45, 2.75) is 25.9 Å². The lowest BCUT2D eigenvalue weighted by atomic mass is 10.1. The molecule has 8 heteroatoms. The molecule has 1 aliphatic rings. The first-order valence-electron chi connectivity index (χ1n) is 9.80. The zero-order chi connectivity index (χ0) is 20.8. The number of aromatic nitrogens is 2. The summed E-state index contributed by atoms with van der Waals surface area (Å²) in [6.07, 6.45) is 0.838. The van der Waals surface area contributed by atoms with Crippen LogP contribution in [-0.4, -0.2) is 70.7 Å². The fourth-order valence-corrected chi connectivity index (χ4v) is 3.54. The van der Waals surface area contributed by atoms with Gasteiger partial charge in [0.05, 0.1) is 5.69 Å². The second-order valence-electron chi connectivity index (χ2n) is 7.21. The summed E-state index contributed by atoms with van der Waals surface area (Å²) < 4.78 is 1.17. The first kappa shape index (κ1) is 20.7. The first-order valence-corrected chi connectivity index (χ1v) is 9.80. The molecule has 154 valence electrons. The van der Waals surface area contributed by atoms with Gasteiger partial charge in [-0.3, -0.25) is 19.3 Å². The van der Waals surface area contributed by atoms with Crippen LogP contribution in [0.1, 0.15) is 11.3 Å². The number of aryl methyl sites for hydroxylation is 1. The molecule has 0 unspecified atom stereocenters. The summed E-state index contributed by atoms with van der Waals surface area (Å²) in [6.45, 7) is 3.81. The van der Waals surface area contributed by atoms with Gasteiger partial charge in [-0.1, -0.05) is 30.3 Å². The SMILES string of the molecule is CNC(=O)[C@H]1CN(C(=O)Cn2nc(C)ccc2=O)CCN1CCc1ccccc1. The third-order valence-electron chi connectivity index (χ3n) is 5.21.